The van der Waals surface area contributed by atoms with Crippen LogP contribution in [0.15, 0.2) is 12.3 Å². The summed E-state index contributed by atoms with van der Waals surface area (Å²) >= 11 is 0. The molecule has 0 spiro atoms. The summed E-state index contributed by atoms with van der Waals surface area (Å²) in [6.45, 7) is 12.5. The van der Waals surface area contributed by atoms with Crippen molar-refractivity contribution < 1.29 is 9.53 Å². The molecule has 0 saturated carbocycles. The lowest BCUT2D eigenvalue weighted by molar-refractivity contribution is -0.0778. The summed E-state index contributed by atoms with van der Waals surface area (Å²) in [4.78, 5) is 19.4. The first-order valence-electron chi connectivity index (χ1n) is 8.85. The van der Waals surface area contributed by atoms with E-state index in [0.29, 0.717) is 17.8 Å². The topological polar surface area (TPSA) is 71.8 Å². The molecule has 1 N–H and O–H groups in total. The van der Waals surface area contributed by atoms with Crippen LogP contribution in [0.3, 0.4) is 0 Å². The zero-order valence-electron chi connectivity index (χ0n) is 15.6. The molecule has 2 aromatic rings. The molecule has 0 aliphatic carbocycles. The van der Waals surface area contributed by atoms with Gasteiger partial charge < -0.3 is 10.1 Å². The lowest BCUT2D eigenvalue weighted by Crippen LogP contribution is -2.52. The Morgan fingerprint density at radius 3 is 2.72 bits per heavy atom. The number of carbonyl (C=O) groups excluding carboxylic acids is 1. The number of nitrogens with one attached hydrogen (secondary N) is 1. The van der Waals surface area contributed by atoms with Gasteiger partial charge in [-0.3, -0.25) is 9.69 Å². The molecule has 1 aliphatic rings. The highest BCUT2D eigenvalue weighted by atomic mass is 16.5. The van der Waals surface area contributed by atoms with Crippen molar-refractivity contribution in [2.75, 3.05) is 19.6 Å². The van der Waals surface area contributed by atoms with Gasteiger partial charge in [-0.15, -0.1) is 0 Å². The monoisotopic (exact) mass is 345 g/mol. The van der Waals surface area contributed by atoms with Crippen LogP contribution in [0.25, 0.3) is 5.65 Å². The molecule has 3 atom stereocenters. The van der Waals surface area contributed by atoms with Gasteiger partial charge in [-0.25, -0.2) is 9.50 Å². The Bertz CT molecular complexity index is 762. The highest BCUT2D eigenvalue weighted by Gasteiger charge is 2.26. The second kappa shape index (κ2) is 7.09. The maximum atomic E-state index is 12.6. The predicted molar refractivity (Wildman–Crippen MR) is 95.8 cm³/mol. The van der Waals surface area contributed by atoms with Crippen LogP contribution in [0.2, 0.25) is 0 Å². The number of fused-ring (bicyclic) bond motifs is 1. The van der Waals surface area contributed by atoms with Gasteiger partial charge in [-0.2, -0.15) is 5.10 Å². The lowest BCUT2D eigenvalue weighted by Gasteiger charge is -2.38. The molecular weight excluding hydrogens is 318 g/mol. The minimum absolute atomic E-state index is 0.131. The van der Waals surface area contributed by atoms with E-state index in [2.05, 4.69) is 41.1 Å². The summed E-state index contributed by atoms with van der Waals surface area (Å²) in [5, 5.41) is 7.31. The second-order valence-electron chi connectivity index (χ2n) is 7.10. The molecule has 1 saturated heterocycles. The molecule has 0 aromatic carbocycles. The largest absolute Gasteiger partial charge is 0.373 e. The number of nitrogens with zero attached hydrogens (tertiary/aromatic N) is 4. The zero-order chi connectivity index (χ0) is 18.1. The quantitative estimate of drug-likeness (QED) is 0.911. The van der Waals surface area contributed by atoms with Crippen LogP contribution in [0.5, 0.6) is 0 Å². The number of ether oxygens (including phenoxy) is 1. The van der Waals surface area contributed by atoms with Gasteiger partial charge in [0.1, 0.15) is 5.56 Å². The normalized spacial score (nSPS) is 22.9. The van der Waals surface area contributed by atoms with Crippen molar-refractivity contribution in [3.63, 3.8) is 0 Å². The number of hydrogen-bond donors (Lipinski definition) is 1. The molecule has 0 bridgehead atoms. The van der Waals surface area contributed by atoms with Crippen LogP contribution in [0, 0.1) is 13.8 Å². The molecule has 0 radical (unpaired) electrons. The second-order valence-corrected chi connectivity index (χ2v) is 7.10. The van der Waals surface area contributed by atoms with E-state index >= 15 is 0 Å². The maximum absolute atomic E-state index is 12.6. The molecule has 136 valence electrons. The van der Waals surface area contributed by atoms with Gasteiger partial charge in [0.05, 0.1) is 18.4 Å². The minimum atomic E-state index is -0.131. The highest BCUT2D eigenvalue weighted by Crippen LogP contribution is 2.14. The number of rotatable bonds is 4. The third kappa shape index (κ3) is 3.82. The highest BCUT2D eigenvalue weighted by molar-refractivity contribution is 5.99. The van der Waals surface area contributed by atoms with Crippen LogP contribution in [-0.4, -0.2) is 63.3 Å². The number of aryl methyl sites for hydroxylation is 2. The van der Waals surface area contributed by atoms with Gasteiger partial charge in [-0.1, -0.05) is 0 Å². The molecule has 0 unspecified atom stereocenters. The van der Waals surface area contributed by atoms with E-state index in [0.717, 1.165) is 24.5 Å². The maximum Gasteiger partial charge on any atom is 0.256 e. The first-order valence-corrected chi connectivity index (χ1v) is 8.85. The van der Waals surface area contributed by atoms with E-state index in [1.54, 1.807) is 10.7 Å². The number of amides is 1. The summed E-state index contributed by atoms with van der Waals surface area (Å²) in [5.41, 5.74) is 2.97. The minimum Gasteiger partial charge on any atom is -0.373 e. The fraction of sp³-hybridized carbons (Fsp3) is 0.611. The van der Waals surface area contributed by atoms with Gasteiger partial charge >= 0.3 is 0 Å². The van der Waals surface area contributed by atoms with Crippen LogP contribution < -0.4 is 5.32 Å². The van der Waals surface area contributed by atoms with Crippen molar-refractivity contribution in [1.82, 2.24) is 24.8 Å². The first-order chi connectivity index (χ1) is 11.8. The average Bonchev–Trinajstić information content (AvgIpc) is 2.95. The molecule has 2 aromatic heterocycles. The predicted octanol–water partition coefficient (Wildman–Crippen LogP) is 1.57. The van der Waals surface area contributed by atoms with E-state index in [1.807, 2.05) is 19.9 Å². The Hall–Kier alpha value is -1.99. The van der Waals surface area contributed by atoms with Gasteiger partial charge in [-0.05, 0) is 40.7 Å². The number of carbonyl (C=O) groups is 1. The van der Waals surface area contributed by atoms with Gasteiger partial charge in [0.2, 0.25) is 0 Å². The molecule has 1 amide bonds. The molecule has 7 heteroatoms. The van der Waals surface area contributed by atoms with Crippen molar-refractivity contribution >= 4 is 11.6 Å². The third-order valence-corrected chi connectivity index (χ3v) is 4.65. The molecule has 25 heavy (non-hydrogen) atoms. The Kier molecular flexibility index (Phi) is 5.06. The van der Waals surface area contributed by atoms with Crippen molar-refractivity contribution in [3.8, 4) is 0 Å². The van der Waals surface area contributed by atoms with E-state index in [1.165, 1.54) is 0 Å². The van der Waals surface area contributed by atoms with Gasteiger partial charge in [0, 0.05) is 37.1 Å². The molecule has 3 heterocycles. The average molecular weight is 345 g/mol. The Morgan fingerprint density at radius 1 is 1.36 bits per heavy atom. The van der Waals surface area contributed by atoms with Crippen LogP contribution in [-0.2, 0) is 4.74 Å². The van der Waals surface area contributed by atoms with Crippen LogP contribution >= 0.6 is 0 Å². The van der Waals surface area contributed by atoms with Crippen molar-refractivity contribution in [3.05, 3.63) is 29.2 Å². The van der Waals surface area contributed by atoms with Crippen molar-refractivity contribution in [1.29, 1.82) is 0 Å². The number of aromatic nitrogens is 3. The Labute approximate surface area is 148 Å². The van der Waals surface area contributed by atoms with Gasteiger partial charge in [0.15, 0.2) is 5.65 Å². The van der Waals surface area contributed by atoms with Crippen LogP contribution in [0.1, 0.15) is 42.5 Å². The van der Waals surface area contributed by atoms with E-state index < -0.39 is 0 Å². The van der Waals surface area contributed by atoms with E-state index in [9.17, 15) is 4.79 Å². The standard InChI is InChI=1S/C18H27N5O2/c1-11-6-12(2)23-17(21-11)16(8-20-23)18(24)19-7-13(3)22-9-14(4)25-15(5)10-22/h6,8,13-15H,7,9-10H2,1-5H3,(H,19,24)/t13-,14-,15-/m0/s1. The fourth-order valence-corrected chi connectivity index (χ4v) is 3.47. The summed E-state index contributed by atoms with van der Waals surface area (Å²) in [5.74, 6) is -0.131. The SMILES string of the molecule is Cc1cc(C)n2ncc(C(=O)NC[C@H](C)N3C[C@H](C)O[C@@H](C)C3)c2n1. The Morgan fingerprint density at radius 2 is 2.04 bits per heavy atom. The Balaban J connectivity index is 1.67. The molecular formula is C18H27N5O2. The zero-order valence-corrected chi connectivity index (χ0v) is 15.6. The van der Waals surface area contributed by atoms with Crippen molar-refractivity contribution in [2.24, 2.45) is 0 Å². The first kappa shape index (κ1) is 17.8. The summed E-state index contributed by atoms with van der Waals surface area (Å²) < 4.78 is 7.48. The molecule has 7 nitrogen and oxygen atoms in total. The molecule has 3 rings (SSSR count). The van der Waals surface area contributed by atoms with Crippen molar-refractivity contribution in [2.45, 2.75) is 52.9 Å². The lowest BCUT2D eigenvalue weighted by atomic mass is 10.1. The molecule has 1 fully saturated rings. The van der Waals surface area contributed by atoms with E-state index in [-0.39, 0.29) is 24.2 Å². The summed E-state index contributed by atoms with van der Waals surface area (Å²) in [6.07, 6.45) is 2.03. The fourth-order valence-electron chi connectivity index (χ4n) is 3.47. The third-order valence-electron chi connectivity index (χ3n) is 4.65. The summed E-state index contributed by atoms with van der Waals surface area (Å²) in [6, 6.07) is 2.20. The van der Waals surface area contributed by atoms with E-state index in [4.69, 9.17) is 4.74 Å². The summed E-state index contributed by atoms with van der Waals surface area (Å²) in [7, 11) is 0. The number of morpholine rings is 1. The van der Waals surface area contributed by atoms with Gasteiger partial charge in [0.25, 0.3) is 5.91 Å². The smallest absolute Gasteiger partial charge is 0.256 e. The molecule has 1 aliphatic heterocycles. The number of hydrogen-bond acceptors (Lipinski definition) is 5. The van der Waals surface area contributed by atoms with Crippen LogP contribution in [0.4, 0.5) is 0 Å².